The molecule has 19 heavy (non-hydrogen) atoms. The predicted octanol–water partition coefficient (Wildman–Crippen LogP) is 1.00. The number of nitrogens with two attached hydrogens (primary N) is 1. The summed E-state index contributed by atoms with van der Waals surface area (Å²) in [5.41, 5.74) is 5.18. The summed E-state index contributed by atoms with van der Waals surface area (Å²) >= 11 is 0. The van der Waals surface area contributed by atoms with E-state index < -0.39 is 0 Å². The van der Waals surface area contributed by atoms with Gasteiger partial charge >= 0.3 is 0 Å². The number of nitrogens with zero attached hydrogens (tertiary/aromatic N) is 2. The fraction of sp³-hybridized carbons (Fsp3) is 0.154. The molecule has 0 bridgehead atoms. The van der Waals surface area contributed by atoms with E-state index in [0.29, 0.717) is 17.9 Å². The molecular weight excluding hydrogens is 242 g/mol. The van der Waals surface area contributed by atoms with E-state index in [0.717, 1.165) is 11.4 Å². The van der Waals surface area contributed by atoms with Crippen molar-refractivity contribution in [1.82, 2.24) is 15.3 Å². The summed E-state index contributed by atoms with van der Waals surface area (Å²) in [6.45, 7) is 2.28. The van der Waals surface area contributed by atoms with Crippen molar-refractivity contribution >= 4 is 11.6 Å². The van der Waals surface area contributed by atoms with Gasteiger partial charge in [-0.05, 0) is 31.2 Å². The van der Waals surface area contributed by atoms with Crippen LogP contribution in [0, 0.1) is 6.92 Å². The lowest BCUT2D eigenvalue weighted by Gasteiger charge is -2.05. The Hall–Kier alpha value is -2.47. The van der Waals surface area contributed by atoms with E-state index in [9.17, 15) is 4.79 Å². The Kier molecular flexibility index (Phi) is 4.04. The third-order valence-electron chi connectivity index (χ3n) is 2.54. The Morgan fingerprint density at radius 3 is 2.79 bits per heavy atom. The number of rotatable bonds is 4. The largest absolute Gasteiger partial charge is 0.345 e. The highest BCUT2D eigenvalue weighted by molar-refractivity contribution is 5.92. The molecule has 0 aromatic carbocycles. The molecule has 0 fully saturated rings. The van der Waals surface area contributed by atoms with Crippen molar-refractivity contribution in [2.24, 2.45) is 5.84 Å². The zero-order chi connectivity index (χ0) is 13.7. The topological polar surface area (TPSA) is 92.9 Å². The van der Waals surface area contributed by atoms with E-state index in [1.54, 1.807) is 12.1 Å². The minimum Gasteiger partial charge on any atom is -0.345 e. The van der Waals surface area contributed by atoms with Crippen LogP contribution in [0.2, 0.25) is 0 Å². The molecule has 0 radical (unpaired) electrons. The Morgan fingerprint density at radius 1 is 1.32 bits per heavy atom. The van der Waals surface area contributed by atoms with Crippen molar-refractivity contribution in [3.63, 3.8) is 0 Å². The second-order valence-corrected chi connectivity index (χ2v) is 4.03. The van der Waals surface area contributed by atoms with Crippen LogP contribution in [0.15, 0.2) is 36.5 Å². The molecule has 2 heterocycles. The second kappa shape index (κ2) is 5.92. The fourth-order valence-corrected chi connectivity index (χ4v) is 1.57. The number of nitrogen functional groups attached to an aromatic ring is 1. The van der Waals surface area contributed by atoms with Crippen LogP contribution in [-0.4, -0.2) is 15.9 Å². The van der Waals surface area contributed by atoms with Gasteiger partial charge in [0.1, 0.15) is 5.69 Å². The zero-order valence-electron chi connectivity index (χ0n) is 10.6. The van der Waals surface area contributed by atoms with E-state index >= 15 is 0 Å². The highest BCUT2D eigenvalue weighted by Gasteiger charge is 2.06. The maximum atomic E-state index is 11.8. The third-order valence-corrected chi connectivity index (χ3v) is 2.54. The Bertz CT molecular complexity index is 568. The Morgan fingerprint density at radius 2 is 2.16 bits per heavy atom. The number of nitrogens with one attached hydrogen (secondary N) is 2. The van der Waals surface area contributed by atoms with E-state index in [2.05, 4.69) is 20.7 Å². The molecule has 0 saturated carbocycles. The van der Waals surface area contributed by atoms with E-state index in [1.807, 2.05) is 25.1 Å². The van der Waals surface area contributed by atoms with Gasteiger partial charge in [-0.15, -0.1) is 0 Å². The fourth-order valence-electron chi connectivity index (χ4n) is 1.57. The summed E-state index contributed by atoms with van der Waals surface area (Å²) in [5.74, 6) is 4.98. The maximum absolute atomic E-state index is 11.8. The molecule has 0 unspecified atom stereocenters. The standard InChI is InChI=1S/C13H15N5O/c1-9-3-2-4-10(17-9)7-16-13(19)12-6-5-11(18-14)8-15-12/h2-6,8,18H,7,14H2,1H3,(H,16,19). The number of carbonyl (C=O) groups excluding carboxylic acids is 1. The minimum absolute atomic E-state index is 0.244. The molecule has 0 aliphatic rings. The first kappa shape index (κ1) is 13.0. The highest BCUT2D eigenvalue weighted by Crippen LogP contribution is 2.04. The van der Waals surface area contributed by atoms with Gasteiger partial charge in [-0.25, -0.2) is 4.98 Å². The van der Waals surface area contributed by atoms with Gasteiger partial charge < -0.3 is 10.7 Å². The number of hydrogen-bond donors (Lipinski definition) is 3. The van der Waals surface area contributed by atoms with Crippen LogP contribution in [0.25, 0.3) is 0 Å². The molecule has 0 aliphatic carbocycles. The summed E-state index contributed by atoms with van der Waals surface area (Å²) in [6.07, 6.45) is 1.50. The molecule has 98 valence electrons. The van der Waals surface area contributed by atoms with Crippen LogP contribution in [0.4, 0.5) is 5.69 Å². The lowest BCUT2D eigenvalue weighted by molar-refractivity contribution is 0.0945. The number of aromatic nitrogens is 2. The first-order valence-corrected chi connectivity index (χ1v) is 5.82. The van der Waals surface area contributed by atoms with Crippen molar-refractivity contribution in [1.29, 1.82) is 0 Å². The quantitative estimate of drug-likeness (QED) is 0.561. The normalized spacial score (nSPS) is 10.0. The van der Waals surface area contributed by atoms with Gasteiger partial charge in [-0.3, -0.25) is 15.6 Å². The van der Waals surface area contributed by atoms with E-state index in [1.165, 1.54) is 6.20 Å². The lowest BCUT2D eigenvalue weighted by Crippen LogP contribution is -2.24. The molecule has 0 saturated heterocycles. The molecule has 0 aliphatic heterocycles. The molecule has 0 atom stereocenters. The number of aryl methyl sites for hydroxylation is 1. The Balaban J connectivity index is 1.97. The molecule has 1 amide bonds. The summed E-state index contributed by atoms with van der Waals surface area (Å²) in [6, 6.07) is 8.97. The van der Waals surface area contributed by atoms with Gasteiger partial charge in [-0.1, -0.05) is 6.07 Å². The number of hydrogen-bond acceptors (Lipinski definition) is 5. The number of pyridine rings is 2. The van der Waals surface area contributed by atoms with Gasteiger partial charge in [0.05, 0.1) is 24.1 Å². The van der Waals surface area contributed by atoms with Gasteiger partial charge in [0, 0.05) is 5.69 Å². The number of anilines is 1. The molecule has 2 aromatic rings. The van der Waals surface area contributed by atoms with Gasteiger partial charge in [0.15, 0.2) is 0 Å². The molecule has 6 nitrogen and oxygen atoms in total. The first-order chi connectivity index (χ1) is 9.19. The van der Waals surface area contributed by atoms with Crippen molar-refractivity contribution in [3.8, 4) is 0 Å². The number of carbonyl (C=O) groups is 1. The third kappa shape index (κ3) is 3.49. The van der Waals surface area contributed by atoms with Crippen LogP contribution in [0.1, 0.15) is 21.9 Å². The minimum atomic E-state index is -0.244. The van der Waals surface area contributed by atoms with Gasteiger partial charge in [0.2, 0.25) is 0 Å². The predicted molar refractivity (Wildman–Crippen MR) is 72.2 cm³/mol. The van der Waals surface area contributed by atoms with E-state index in [-0.39, 0.29) is 5.91 Å². The second-order valence-electron chi connectivity index (χ2n) is 4.03. The molecule has 6 heteroatoms. The smallest absolute Gasteiger partial charge is 0.270 e. The van der Waals surface area contributed by atoms with Crippen LogP contribution < -0.4 is 16.6 Å². The summed E-state index contributed by atoms with van der Waals surface area (Å²) in [7, 11) is 0. The molecular formula is C13H15N5O. The summed E-state index contributed by atoms with van der Waals surface area (Å²) in [5, 5.41) is 2.76. The van der Waals surface area contributed by atoms with Crippen molar-refractivity contribution < 1.29 is 4.79 Å². The van der Waals surface area contributed by atoms with Crippen molar-refractivity contribution in [2.75, 3.05) is 5.43 Å². The Labute approximate surface area is 111 Å². The van der Waals surface area contributed by atoms with E-state index in [4.69, 9.17) is 5.84 Å². The number of hydrazine groups is 1. The molecule has 4 N–H and O–H groups in total. The van der Waals surface area contributed by atoms with Crippen molar-refractivity contribution in [3.05, 3.63) is 53.6 Å². The summed E-state index contributed by atoms with van der Waals surface area (Å²) in [4.78, 5) is 20.2. The maximum Gasteiger partial charge on any atom is 0.270 e. The molecule has 2 aromatic heterocycles. The van der Waals surface area contributed by atoms with Crippen molar-refractivity contribution in [2.45, 2.75) is 13.5 Å². The van der Waals surface area contributed by atoms with Crippen LogP contribution >= 0.6 is 0 Å². The zero-order valence-corrected chi connectivity index (χ0v) is 10.6. The average molecular weight is 257 g/mol. The highest BCUT2D eigenvalue weighted by atomic mass is 16.1. The average Bonchev–Trinajstić information content (AvgIpc) is 2.45. The SMILES string of the molecule is Cc1cccc(CNC(=O)c2ccc(NN)cn2)n1. The first-order valence-electron chi connectivity index (χ1n) is 5.82. The lowest BCUT2D eigenvalue weighted by atomic mass is 10.3. The van der Waals surface area contributed by atoms with Crippen LogP contribution in [0.5, 0.6) is 0 Å². The molecule has 2 rings (SSSR count). The van der Waals surface area contributed by atoms with Crippen LogP contribution in [0.3, 0.4) is 0 Å². The summed E-state index contributed by atoms with van der Waals surface area (Å²) < 4.78 is 0. The monoisotopic (exact) mass is 257 g/mol. The molecule has 0 spiro atoms. The van der Waals surface area contributed by atoms with Gasteiger partial charge in [0.25, 0.3) is 5.91 Å². The van der Waals surface area contributed by atoms with Gasteiger partial charge in [-0.2, -0.15) is 0 Å². The number of amides is 1. The van der Waals surface area contributed by atoms with Crippen LogP contribution in [-0.2, 0) is 6.54 Å².